The highest BCUT2D eigenvalue weighted by atomic mass is 19.1. The largest absolute Gasteiger partial charge is 0.493 e. The van der Waals surface area contributed by atoms with Gasteiger partial charge in [0.15, 0.2) is 34.8 Å². The minimum Gasteiger partial charge on any atom is -0.493 e. The smallest absolute Gasteiger partial charge is 0.407 e. The van der Waals surface area contributed by atoms with Crippen molar-refractivity contribution >= 4 is 34.0 Å². The maximum Gasteiger partial charge on any atom is 0.407 e. The summed E-state index contributed by atoms with van der Waals surface area (Å²) >= 11 is 0. The highest BCUT2D eigenvalue weighted by molar-refractivity contribution is 6.10. The number of benzene rings is 3. The monoisotopic (exact) mass is 586 g/mol. The van der Waals surface area contributed by atoms with Gasteiger partial charge in [-0.3, -0.25) is 9.78 Å². The summed E-state index contributed by atoms with van der Waals surface area (Å²) in [5.41, 5.74) is 2.82. The number of Topliss-reactive ketones (excluding diaryl/α,β-unsaturated/α-hetero) is 1. The maximum atomic E-state index is 15.3. The number of nitrogens with zero attached hydrogens (tertiary/aromatic N) is 2. The average Bonchev–Trinajstić information content (AvgIpc) is 3.00. The number of fused-ring (bicyclic) bond motifs is 1. The molecule has 2 heterocycles. The number of methoxy groups -OCH3 is 2. The molecule has 0 spiro atoms. The van der Waals surface area contributed by atoms with Gasteiger partial charge in [-0.1, -0.05) is 12.1 Å². The molecule has 10 heteroatoms. The summed E-state index contributed by atoms with van der Waals surface area (Å²) in [6, 6.07) is 14.8. The fourth-order valence-electron chi connectivity index (χ4n) is 5.06. The van der Waals surface area contributed by atoms with Crippen molar-refractivity contribution in [1.29, 1.82) is 0 Å². The first-order chi connectivity index (χ1) is 20.7. The first kappa shape index (κ1) is 29.5. The van der Waals surface area contributed by atoms with Crippen LogP contribution < -0.4 is 19.5 Å². The molecule has 0 saturated carbocycles. The lowest BCUT2D eigenvalue weighted by Crippen LogP contribution is -2.41. The molecule has 1 unspecified atom stereocenters. The van der Waals surface area contributed by atoms with Crippen LogP contribution in [0.2, 0.25) is 0 Å². The predicted octanol–water partition coefficient (Wildman–Crippen LogP) is 5.54. The number of ketones is 1. The molecule has 220 valence electrons. The molecule has 43 heavy (non-hydrogen) atoms. The number of carbonyl (C=O) groups is 2. The molecule has 1 N–H and O–H groups in total. The minimum atomic E-state index is -1.08. The number of pyridine rings is 1. The molecule has 0 fully saturated rings. The summed E-state index contributed by atoms with van der Waals surface area (Å²) in [7, 11) is 4.78. The van der Waals surface area contributed by atoms with Crippen molar-refractivity contribution in [2.24, 2.45) is 5.92 Å². The predicted molar refractivity (Wildman–Crippen MR) is 158 cm³/mol. The Morgan fingerprint density at radius 3 is 2.35 bits per heavy atom. The summed E-state index contributed by atoms with van der Waals surface area (Å²) < 4.78 is 46.9. The van der Waals surface area contributed by atoms with Gasteiger partial charge in [0.2, 0.25) is 11.4 Å². The molecule has 0 saturated heterocycles. The number of rotatable bonds is 10. The zero-order valence-electron chi connectivity index (χ0n) is 24.1. The van der Waals surface area contributed by atoms with Crippen LogP contribution in [0.15, 0.2) is 78.5 Å². The van der Waals surface area contributed by atoms with Crippen LogP contribution in [0.4, 0.5) is 14.5 Å². The lowest BCUT2D eigenvalue weighted by Gasteiger charge is -2.18. The third-order valence-electron chi connectivity index (χ3n) is 7.21. The van der Waals surface area contributed by atoms with Gasteiger partial charge in [-0.05, 0) is 55.9 Å². The van der Waals surface area contributed by atoms with E-state index in [0.717, 1.165) is 5.57 Å². The third-order valence-corrected chi connectivity index (χ3v) is 7.21. The Bertz CT molecular complexity index is 1780. The van der Waals surface area contributed by atoms with E-state index < -0.39 is 29.2 Å². The molecule has 0 radical (unpaired) electrons. The van der Waals surface area contributed by atoms with E-state index >= 15 is 4.39 Å². The van der Waals surface area contributed by atoms with E-state index in [1.807, 2.05) is 6.92 Å². The van der Waals surface area contributed by atoms with Crippen LogP contribution in [0.3, 0.4) is 0 Å². The van der Waals surface area contributed by atoms with Crippen LogP contribution in [0.1, 0.15) is 12.5 Å². The van der Waals surface area contributed by atoms with Crippen molar-refractivity contribution in [3.63, 3.8) is 0 Å². The topological polar surface area (TPSA) is 89.8 Å². The second-order valence-corrected chi connectivity index (χ2v) is 10.00. The zero-order chi connectivity index (χ0) is 30.7. The Morgan fingerprint density at radius 2 is 1.67 bits per heavy atom. The molecule has 0 aliphatic carbocycles. The number of hydrogen-bond donors (Lipinski definition) is 1. The quantitative estimate of drug-likeness (QED) is 0.193. The first-order valence-corrected chi connectivity index (χ1v) is 13.5. The van der Waals surface area contributed by atoms with Gasteiger partial charge in [-0.25, -0.2) is 13.6 Å². The summed E-state index contributed by atoms with van der Waals surface area (Å²) in [4.78, 5) is 31.3. The second kappa shape index (κ2) is 12.5. The van der Waals surface area contributed by atoms with Crippen LogP contribution >= 0.6 is 0 Å². The number of nitrogens with one attached hydrogen (secondary N) is 1. The Kier molecular flexibility index (Phi) is 8.58. The standard InChI is InChI=1S/C33H30F2N3O5/c1-19-13-24(33(40)38(27(19)18-36-2)22-8-6-21(34)7-9-22)28(39)15-20-5-10-30(25(35)14-20)43-29-11-12-37-26-17-32(42-4)31(41-3)16-23(26)29/h5-14,16-17,24,36H,15,18H2,1-4H3/q+1. The molecule has 0 bridgehead atoms. The Morgan fingerprint density at radius 1 is 0.953 bits per heavy atom. The fourth-order valence-corrected chi connectivity index (χ4v) is 5.06. The number of amides is 1. The van der Waals surface area contributed by atoms with Crippen LogP contribution in [0.25, 0.3) is 10.9 Å². The first-order valence-electron chi connectivity index (χ1n) is 13.5. The lowest BCUT2D eigenvalue weighted by molar-refractivity contribution is -0.371. The van der Waals surface area contributed by atoms with E-state index in [9.17, 15) is 14.0 Å². The normalized spacial score (nSPS) is 15.0. The zero-order valence-corrected chi connectivity index (χ0v) is 24.1. The van der Waals surface area contributed by atoms with Crippen LogP contribution in [0, 0.1) is 17.6 Å². The SMILES string of the molecule is CNCC1=[N+](c2ccc(F)cc2)C(=O)C(C(=O)Cc2ccc(Oc3ccnc4cc(OC)c(OC)cc34)c(F)c2)C=C1C. The molecule has 1 atom stereocenters. The summed E-state index contributed by atoms with van der Waals surface area (Å²) in [5, 5.41) is 3.63. The van der Waals surface area contributed by atoms with E-state index in [2.05, 4.69) is 10.3 Å². The number of carbonyl (C=O) groups excluding carboxylic acids is 2. The van der Waals surface area contributed by atoms with Gasteiger partial charge < -0.3 is 19.5 Å². The van der Waals surface area contributed by atoms with E-state index in [-0.39, 0.29) is 12.2 Å². The van der Waals surface area contributed by atoms with Crippen molar-refractivity contribution in [2.45, 2.75) is 13.3 Å². The minimum absolute atomic E-state index is 0.0447. The van der Waals surface area contributed by atoms with Gasteiger partial charge in [0.25, 0.3) is 0 Å². The maximum absolute atomic E-state index is 15.3. The molecule has 1 amide bonds. The van der Waals surface area contributed by atoms with E-state index in [1.54, 1.807) is 43.6 Å². The van der Waals surface area contributed by atoms with Gasteiger partial charge in [0, 0.05) is 41.8 Å². The van der Waals surface area contributed by atoms with Crippen LogP contribution in [0.5, 0.6) is 23.0 Å². The van der Waals surface area contributed by atoms with E-state index in [4.69, 9.17) is 14.2 Å². The molecule has 3 aromatic carbocycles. The fraction of sp³-hybridized carbons (Fsp3) is 0.212. The van der Waals surface area contributed by atoms with Crippen molar-refractivity contribution in [3.05, 3.63) is 95.7 Å². The van der Waals surface area contributed by atoms with E-state index in [1.165, 1.54) is 55.2 Å². The Hall–Kier alpha value is -4.96. The Labute approximate surface area is 247 Å². The molecular formula is C33H30F2N3O5+. The highest BCUT2D eigenvalue weighted by Gasteiger charge is 2.41. The molecular weight excluding hydrogens is 556 g/mol. The highest BCUT2D eigenvalue weighted by Crippen LogP contribution is 2.37. The second-order valence-electron chi connectivity index (χ2n) is 10.00. The molecule has 1 aliphatic heterocycles. The number of hydrogen-bond acceptors (Lipinski definition) is 7. The van der Waals surface area contributed by atoms with Crippen molar-refractivity contribution in [2.75, 3.05) is 27.8 Å². The van der Waals surface area contributed by atoms with E-state index in [0.29, 0.717) is 51.7 Å². The molecule has 1 aromatic heterocycles. The number of aromatic nitrogens is 1. The summed E-state index contributed by atoms with van der Waals surface area (Å²) in [6.45, 7) is 2.18. The Balaban J connectivity index is 1.38. The van der Waals surface area contributed by atoms with Crippen molar-refractivity contribution < 1.29 is 37.2 Å². The summed E-state index contributed by atoms with van der Waals surface area (Å²) in [6.07, 6.45) is 2.99. The molecule has 1 aliphatic rings. The summed E-state index contributed by atoms with van der Waals surface area (Å²) in [5.74, 6) is -1.76. The van der Waals surface area contributed by atoms with Crippen molar-refractivity contribution in [3.8, 4) is 23.0 Å². The average molecular weight is 587 g/mol. The molecule has 4 aromatic rings. The van der Waals surface area contributed by atoms with Gasteiger partial charge in [0.05, 0.1) is 26.3 Å². The number of ether oxygens (including phenoxy) is 3. The molecule has 8 nitrogen and oxygen atoms in total. The third kappa shape index (κ3) is 6.00. The molecule has 5 rings (SSSR count). The van der Waals surface area contributed by atoms with Crippen molar-refractivity contribution in [1.82, 2.24) is 10.3 Å². The van der Waals surface area contributed by atoms with Crippen LogP contribution in [-0.4, -0.2) is 54.8 Å². The van der Waals surface area contributed by atoms with Gasteiger partial charge in [-0.15, -0.1) is 4.58 Å². The van der Waals surface area contributed by atoms with Gasteiger partial charge in [-0.2, -0.15) is 0 Å². The number of halogens is 2. The van der Waals surface area contributed by atoms with Gasteiger partial charge >= 0.3 is 5.91 Å². The van der Waals surface area contributed by atoms with Gasteiger partial charge in [0.1, 0.15) is 11.6 Å². The van der Waals surface area contributed by atoms with Crippen LogP contribution in [-0.2, 0) is 16.0 Å². The lowest BCUT2D eigenvalue weighted by atomic mass is 9.90.